The normalized spacial score (nSPS) is 19.2. The van der Waals surface area contributed by atoms with E-state index in [1.165, 1.54) is 0 Å². The van der Waals surface area contributed by atoms with Gasteiger partial charge in [-0.3, -0.25) is 0 Å². The molecule has 0 fully saturated rings. The summed E-state index contributed by atoms with van der Waals surface area (Å²) in [5, 5.41) is 20.0. The Labute approximate surface area is 164 Å². The van der Waals surface area contributed by atoms with Crippen molar-refractivity contribution in [3.8, 4) is 17.9 Å². The van der Waals surface area contributed by atoms with E-state index in [-0.39, 0.29) is 5.92 Å². The number of hydrogen-bond acceptors (Lipinski definition) is 3. The molecule has 4 rings (SSSR count). The van der Waals surface area contributed by atoms with E-state index >= 15 is 0 Å². The maximum atomic E-state index is 10.0. The SMILES string of the molecule is COc1ccc(C2=CC=C3C=C(c4ccccc4)C(C#N)(C#N)C3C=C2)cc1. The van der Waals surface area contributed by atoms with E-state index < -0.39 is 5.41 Å². The van der Waals surface area contributed by atoms with E-state index in [0.29, 0.717) is 0 Å². The maximum absolute atomic E-state index is 10.0. The fraction of sp³-hybridized carbons (Fsp3) is 0.120. The molecule has 0 N–H and O–H groups in total. The Bertz CT molecular complexity index is 1090. The lowest BCUT2D eigenvalue weighted by Crippen LogP contribution is -2.24. The van der Waals surface area contributed by atoms with Crippen molar-refractivity contribution in [2.24, 2.45) is 11.3 Å². The van der Waals surface area contributed by atoms with Gasteiger partial charge in [0.1, 0.15) is 5.75 Å². The van der Waals surface area contributed by atoms with Gasteiger partial charge in [0.25, 0.3) is 0 Å². The van der Waals surface area contributed by atoms with Crippen LogP contribution in [0.5, 0.6) is 5.75 Å². The van der Waals surface area contributed by atoms with E-state index in [4.69, 9.17) is 4.74 Å². The van der Waals surface area contributed by atoms with Crippen LogP contribution in [0.3, 0.4) is 0 Å². The summed E-state index contributed by atoms with van der Waals surface area (Å²) in [4.78, 5) is 0. The average molecular weight is 362 g/mol. The monoisotopic (exact) mass is 362 g/mol. The van der Waals surface area contributed by atoms with E-state index in [9.17, 15) is 10.5 Å². The summed E-state index contributed by atoms with van der Waals surface area (Å²) >= 11 is 0. The number of fused-ring (bicyclic) bond motifs is 1. The molecule has 2 aliphatic rings. The third-order valence-corrected chi connectivity index (χ3v) is 5.35. The minimum Gasteiger partial charge on any atom is -0.497 e. The van der Waals surface area contributed by atoms with Crippen molar-refractivity contribution in [1.29, 1.82) is 10.5 Å². The van der Waals surface area contributed by atoms with Crippen LogP contribution in [0, 0.1) is 34.0 Å². The zero-order valence-corrected chi connectivity index (χ0v) is 15.5. The van der Waals surface area contributed by atoms with Crippen molar-refractivity contribution in [2.45, 2.75) is 0 Å². The molecule has 0 bridgehead atoms. The quantitative estimate of drug-likeness (QED) is 0.742. The number of hydrogen-bond donors (Lipinski definition) is 0. The molecule has 0 amide bonds. The van der Waals surface area contributed by atoms with Gasteiger partial charge < -0.3 is 4.74 Å². The van der Waals surface area contributed by atoms with Gasteiger partial charge in [0.2, 0.25) is 0 Å². The molecule has 0 heterocycles. The summed E-state index contributed by atoms with van der Waals surface area (Å²) in [5.74, 6) is 0.505. The molecule has 0 spiro atoms. The summed E-state index contributed by atoms with van der Waals surface area (Å²) in [6.45, 7) is 0. The molecule has 0 aliphatic heterocycles. The third-order valence-electron chi connectivity index (χ3n) is 5.35. The van der Waals surface area contributed by atoms with Crippen LogP contribution in [0.1, 0.15) is 11.1 Å². The highest BCUT2D eigenvalue weighted by molar-refractivity contribution is 5.85. The molecule has 28 heavy (non-hydrogen) atoms. The minimum absolute atomic E-state index is 0.301. The van der Waals surface area contributed by atoms with Crippen LogP contribution >= 0.6 is 0 Å². The Morgan fingerprint density at radius 3 is 2.25 bits per heavy atom. The predicted octanol–water partition coefficient (Wildman–Crippen LogP) is 5.32. The van der Waals surface area contributed by atoms with Crippen LogP contribution in [0.4, 0.5) is 0 Å². The fourth-order valence-electron chi connectivity index (χ4n) is 3.83. The van der Waals surface area contributed by atoms with Crippen LogP contribution in [0.25, 0.3) is 11.1 Å². The van der Waals surface area contributed by atoms with Gasteiger partial charge in [0.05, 0.1) is 19.2 Å². The Hall–Kier alpha value is -3.82. The van der Waals surface area contributed by atoms with Crippen LogP contribution in [-0.2, 0) is 0 Å². The van der Waals surface area contributed by atoms with Gasteiger partial charge in [-0.2, -0.15) is 10.5 Å². The number of nitriles is 2. The van der Waals surface area contributed by atoms with Gasteiger partial charge in [-0.05, 0) is 40.0 Å². The summed E-state index contributed by atoms with van der Waals surface area (Å²) < 4.78 is 5.22. The molecule has 0 radical (unpaired) electrons. The molecule has 0 aromatic heterocycles. The number of nitrogens with zero attached hydrogens (tertiary/aromatic N) is 2. The lowest BCUT2D eigenvalue weighted by atomic mass is 9.73. The van der Waals surface area contributed by atoms with Crippen LogP contribution in [0.2, 0.25) is 0 Å². The Balaban J connectivity index is 1.79. The summed E-state index contributed by atoms with van der Waals surface area (Å²) in [5.41, 5.74) is 3.51. The molecule has 0 saturated carbocycles. The second kappa shape index (κ2) is 7.06. The first-order valence-electron chi connectivity index (χ1n) is 9.06. The topological polar surface area (TPSA) is 56.8 Å². The van der Waals surface area contributed by atoms with Gasteiger partial charge in [0.15, 0.2) is 5.41 Å². The van der Waals surface area contributed by atoms with E-state index in [0.717, 1.165) is 33.6 Å². The molecule has 0 saturated heterocycles. The van der Waals surface area contributed by atoms with Crippen molar-refractivity contribution < 1.29 is 4.74 Å². The van der Waals surface area contributed by atoms with Gasteiger partial charge in [-0.15, -0.1) is 0 Å². The highest BCUT2D eigenvalue weighted by Crippen LogP contribution is 2.52. The van der Waals surface area contributed by atoms with Crippen LogP contribution in [-0.4, -0.2) is 7.11 Å². The number of methoxy groups -OCH3 is 1. The number of ether oxygens (including phenoxy) is 1. The third kappa shape index (κ3) is 2.75. The molecular weight excluding hydrogens is 344 g/mol. The van der Waals surface area contributed by atoms with Gasteiger partial charge in [-0.1, -0.05) is 72.8 Å². The highest BCUT2D eigenvalue weighted by Gasteiger charge is 2.48. The largest absolute Gasteiger partial charge is 0.497 e. The average Bonchev–Trinajstić information content (AvgIpc) is 2.92. The summed E-state index contributed by atoms with van der Waals surface area (Å²) in [6.07, 6.45) is 10.0. The molecule has 3 heteroatoms. The lowest BCUT2D eigenvalue weighted by molar-refractivity contribution is 0.415. The first kappa shape index (κ1) is 17.6. The molecular formula is C25H18N2O. The van der Waals surface area contributed by atoms with Crippen molar-refractivity contribution in [3.63, 3.8) is 0 Å². The smallest absolute Gasteiger partial charge is 0.179 e. The molecule has 134 valence electrons. The first-order valence-corrected chi connectivity index (χ1v) is 9.06. The molecule has 2 aliphatic carbocycles. The van der Waals surface area contributed by atoms with Crippen LogP contribution < -0.4 is 4.74 Å². The van der Waals surface area contributed by atoms with E-state index in [1.54, 1.807) is 7.11 Å². The lowest BCUT2D eigenvalue weighted by Gasteiger charge is -2.23. The number of rotatable bonds is 3. The van der Waals surface area contributed by atoms with Crippen molar-refractivity contribution in [3.05, 3.63) is 102 Å². The van der Waals surface area contributed by atoms with Crippen molar-refractivity contribution in [1.82, 2.24) is 0 Å². The molecule has 2 aromatic carbocycles. The fourth-order valence-corrected chi connectivity index (χ4v) is 3.83. The van der Waals surface area contributed by atoms with E-state index in [1.807, 2.05) is 85.0 Å². The predicted molar refractivity (Wildman–Crippen MR) is 110 cm³/mol. The summed E-state index contributed by atoms with van der Waals surface area (Å²) in [6, 6.07) is 22.1. The van der Waals surface area contributed by atoms with E-state index in [2.05, 4.69) is 12.1 Å². The number of allylic oxidation sites excluding steroid dienone is 8. The Kier molecular flexibility index (Phi) is 4.44. The maximum Gasteiger partial charge on any atom is 0.179 e. The zero-order valence-electron chi connectivity index (χ0n) is 15.5. The molecule has 1 atom stereocenters. The number of benzene rings is 2. The highest BCUT2D eigenvalue weighted by atomic mass is 16.5. The van der Waals surface area contributed by atoms with Crippen molar-refractivity contribution in [2.75, 3.05) is 7.11 Å². The van der Waals surface area contributed by atoms with Gasteiger partial charge in [0, 0.05) is 5.92 Å². The molecule has 2 aromatic rings. The van der Waals surface area contributed by atoms with Gasteiger partial charge >= 0.3 is 0 Å². The first-order chi connectivity index (χ1) is 13.7. The second-order valence-electron chi connectivity index (χ2n) is 6.81. The van der Waals surface area contributed by atoms with Gasteiger partial charge in [-0.25, -0.2) is 0 Å². The second-order valence-corrected chi connectivity index (χ2v) is 6.81. The summed E-state index contributed by atoms with van der Waals surface area (Å²) in [7, 11) is 1.64. The minimum atomic E-state index is -1.23. The molecule has 1 unspecified atom stereocenters. The van der Waals surface area contributed by atoms with Crippen LogP contribution in [0.15, 0.2) is 90.6 Å². The molecule has 3 nitrogen and oxygen atoms in total. The Morgan fingerprint density at radius 2 is 1.61 bits per heavy atom. The zero-order chi connectivity index (χ0) is 19.6. The van der Waals surface area contributed by atoms with Crippen molar-refractivity contribution >= 4 is 11.1 Å². The Morgan fingerprint density at radius 1 is 0.893 bits per heavy atom. The standard InChI is InChI=1S/C25H18N2O/c1-28-22-12-9-19(10-13-22)18-7-8-21-15-24(20-5-3-2-4-6-20)25(16-26,17-27)23(21)14-11-18/h2-15,23H,1H3.